The predicted octanol–water partition coefficient (Wildman–Crippen LogP) is 4.37. The smallest absolute Gasteiger partial charge is 0.323 e. The van der Waals surface area contributed by atoms with Crippen molar-refractivity contribution in [3.05, 3.63) is 71.6 Å². The van der Waals surface area contributed by atoms with Gasteiger partial charge in [0, 0.05) is 12.1 Å². The van der Waals surface area contributed by atoms with E-state index in [0.29, 0.717) is 12.5 Å². The van der Waals surface area contributed by atoms with Gasteiger partial charge in [0.1, 0.15) is 29.9 Å². The molecule has 1 aliphatic heterocycles. The molecule has 1 aliphatic rings. The van der Waals surface area contributed by atoms with Crippen molar-refractivity contribution in [1.82, 2.24) is 9.88 Å². The molecule has 1 saturated heterocycles. The van der Waals surface area contributed by atoms with E-state index in [0.717, 1.165) is 54.3 Å². The van der Waals surface area contributed by atoms with Gasteiger partial charge in [0.25, 0.3) is 0 Å². The van der Waals surface area contributed by atoms with E-state index in [4.69, 9.17) is 13.9 Å². The molecule has 30 heavy (non-hydrogen) atoms. The standard InChI is InChI=1S/C24H26N2O4/c1-17-21(25-23(30-17)19-7-4-3-5-8-19)16-29-20-12-10-18(11-13-20)15-26-14-6-9-22(26)24(27)28-2/h3-5,7-8,10-13,22H,6,9,14-16H2,1-2H3/t22-/m0/s1. The van der Waals surface area contributed by atoms with E-state index < -0.39 is 0 Å². The van der Waals surface area contributed by atoms with Crippen LogP contribution >= 0.6 is 0 Å². The number of esters is 1. The average Bonchev–Trinajstić information content (AvgIpc) is 3.40. The lowest BCUT2D eigenvalue weighted by Crippen LogP contribution is -2.36. The number of oxazole rings is 1. The molecule has 0 radical (unpaired) electrons. The predicted molar refractivity (Wildman–Crippen MR) is 113 cm³/mol. The lowest BCUT2D eigenvalue weighted by atomic mass is 10.2. The summed E-state index contributed by atoms with van der Waals surface area (Å²) in [5.41, 5.74) is 2.88. The number of carbonyl (C=O) groups excluding carboxylic acids is 1. The molecule has 6 heteroatoms. The molecule has 4 rings (SSSR count). The number of likely N-dealkylation sites (tertiary alicyclic amines) is 1. The maximum Gasteiger partial charge on any atom is 0.323 e. The van der Waals surface area contributed by atoms with Crippen LogP contribution < -0.4 is 4.74 Å². The first-order valence-electron chi connectivity index (χ1n) is 10.2. The van der Waals surface area contributed by atoms with Gasteiger partial charge in [-0.3, -0.25) is 9.69 Å². The highest BCUT2D eigenvalue weighted by molar-refractivity contribution is 5.76. The Morgan fingerprint density at radius 1 is 1.17 bits per heavy atom. The number of hydrogen-bond acceptors (Lipinski definition) is 6. The minimum absolute atomic E-state index is 0.139. The van der Waals surface area contributed by atoms with Crippen LogP contribution in [0.2, 0.25) is 0 Å². The van der Waals surface area contributed by atoms with Crippen molar-refractivity contribution in [3.8, 4) is 17.2 Å². The fourth-order valence-electron chi connectivity index (χ4n) is 3.76. The van der Waals surface area contributed by atoms with E-state index in [2.05, 4.69) is 9.88 Å². The first-order valence-corrected chi connectivity index (χ1v) is 10.2. The molecule has 0 unspecified atom stereocenters. The van der Waals surface area contributed by atoms with Crippen molar-refractivity contribution < 1.29 is 18.7 Å². The van der Waals surface area contributed by atoms with Gasteiger partial charge in [0.05, 0.1) is 7.11 Å². The van der Waals surface area contributed by atoms with E-state index in [1.54, 1.807) is 0 Å². The van der Waals surface area contributed by atoms with Crippen LogP contribution in [-0.4, -0.2) is 35.5 Å². The van der Waals surface area contributed by atoms with Gasteiger partial charge in [0.2, 0.25) is 5.89 Å². The van der Waals surface area contributed by atoms with Crippen LogP contribution in [0.25, 0.3) is 11.5 Å². The SMILES string of the molecule is COC(=O)[C@@H]1CCCN1Cc1ccc(OCc2nc(-c3ccccc3)oc2C)cc1. The number of aryl methyl sites for hydroxylation is 1. The zero-order chi connectivity index (χ0) is 20.9. The molecule has 2 aromatic carbocycles. The summed E-state index contributed by atoms with van der Waals surface area (Å²) < 4.78 is 16.6. The lowest BCUT2D eigenvalue weighted by Gasteiger charge is -2.22. The van der Waals surface area contributed by atoms with Crippen LogP contribution in [-0.2, 0) is 22.7 Å². The molecule has 0 spiro atoms. The number of methoxy groups -OCH3 is 1. The molecule has 2 heterocycles. The lowest BCUT2D eigenvalue weighted by molar-refractivity contribution is -0.146. The summed E-state index contributed by atoms with van der Waals surface area (Å²) in [6, 6.07) is 17.7. The van der Waals surface area contributed by atoms with Crippen molar-refractivity contribution in [2.24, 2.45) is 0 Å². The van der Waals surface area contributed by atoms with E-state index in [1.807, 2.05) is 61.5 Å². The fraction of sp³-hybridized carbons (Fsp3) is 0.333. The van der Waals surface area contributed by atoms with Crippen LogP contribution in [0.5, 0.6) is 5.75 Å². The second-order valence-corrected chi connectivity index (χ2v) is 7.47. The fourth-order valence-corrected chi connectivity index (χ4v) is 3.76. The number of hydrogen-bond donors (Lipinski definition) is 0. The molecular weight excluding hydrogens is 380 g/mol. The third kappa shape index (κ3) is 4.54. The largest absolute Gasteiger partial charge is 0.487 e. The Hall–Kier alpha value is -3.12. The Morgan fingerprint density at radius 3 is 2.67 bits per heavy atom. The summed E-state index contributed by atoms with van der Waals surface area (Å²) in [5, 5.41) is 0. The first kappa shape index (κ1) is 20.2. The summed E-state index contributed by atoms with van der Waals surface area (Å²) in [6.07, 6.45) is 1.87. The maximum absolute atomic E-state index is 11.9. The number of carbonyl (C=O) groups is 1. The summed E-state index contributed by atoms with van der Waals surface area (Å²) >= 11 is 0. The van der Waals surface area contributed by atoms with E-state index in [9.17, 15) is 4.79 Å². The molecule has 1 aromatic heterocycles. The van der Waals surface area contributed by atoms with Crippen LogP contribution in [0, 0.1) is 6.92 Å². The molecule has 0 N–H and O–H groups in total. The molecule has 1 atom stereocenters. The van der Waals surface area contributed by atoms with Crippen LogP contribution in [0.3, 0.4) is 0 Å². The van der Waals surface area contributed by atoms with Gasteiger partial charge in [-0.05, 0) is 56.1 Å². The molecule has 6 nitrogen and oxygen atoms in total. The van der Waals surface area contributed by atoms with Crippen LogP contribution in [0.4, 0.5) is 0 Å². The van der Waals surface area contributed by atoms with E-state index in [-0.39, 0.29) is 12.0 Å². The van der Waals surface area contributed by atoms with Gasteiger partial charge in [-0.1, -0.05) is 30.3 Å². The van der Waals surface area contributed by atoms with Gasteiger partial charge < -0.3 is 13.9 Å². The van der Waals surface area contributed by atoms with Gasteiger partial charge in [-0.25, -0.2) is 4.98 Å². The third-order valence-corrected chi connectivity index (χ3v) is 5.43. The van der Waals surface area contributed by atoms with Crippen LogP contribution in [0.15, 0.2) is 59.0 Å². The van der Waals surface area contributed by atoms with Crippen molar-refractivity contribution >= 4 is 5.97 Å². The highest BCUT2D eigenvalue weighted by atomic mass is 16.5. The highest BCUT2D eigenvalue weighted by Crippen LogP contribution is 2.24. The Balaban J connectivity index is 1.35. The average molecular weight is 406 g/mol. The quantitative estimate of drug-likeness (QED) is 0.543. The Labute approximate surface area is 176 Å². The monoisotopic (exact) mass is 406 g/mol. The minimum atomic E-state index is -0.148. The molecule has 3 aromatic rings. The Kier molecular flexibility index (Phi) is 6.14. The van der Waals surface area contributed by atoms with Crippen molar-refractivity contribution in [2.45, 2.75) is 39.0 Å². The Bertz CT molecular complexity index is 982. The normalized spacial score (nSPS) is 16.5. The second-order valence-electron chi connectivity index (χ2n) is 7.47. The minimum Gasteiger partial charge on any atom is -0.487 e. The third-order valence-electron chi connectivity index (χ3n) is 5.43. The maximum atomic E-state index is 11.9. The molecule has 0 amide bonds. The molecular formula is C24H26N2O4. The number of nitrogens with zero attached hydrogens (tertiary/aromatic N) is 2. The topological polar surface area (TPSA) is 64.8 Å². The zero-order valence-electron chi connectivity index (χ0n) is 17.3. The van der Waals surface area contributed by atoms with Crippen molar-refractivity contribution in [3.63, 3.8) is 0 Å². The first-order chi connectivity index (χ1) is 14.6. The van der Waals surface area contributed by atoms with Gasteiger partial charge in [0.15, 0.2) is 0 Å². The number of ether oxygens (including phenoxy) is 2. The molecule has 1 fully saturated rings. The van der Waals surface area contributed by atoms with Gasteiger partial charge in [-0.15, -0.1) is 0 Å². The van der Waals surface area contributed by atoms with Gasteiger partial charge in [-0.2, -0.15) is 0 Å². The number of benzene rings is 2. The van der Waals surface area contributed by atoms with Crippen molar-refractivity contribution in [1.29, 1.82) is 0 Å². The highest BCUT2D eigenvalue weighted by Gasteiger charge is 2.31. The summed E-state index contributed by atoms with van der Waals surface area (Å²) in [4.78, 5) is 18.7. The summed E-state index contributed by atoms with van der Waals surface area (Å²) in [6.45, 7) is 3.88. The van der Waals surface area contributed by atoms with E-state index in [1.165, 1.54) is 7.11 Å². The van der Waals surface area contributed by atoms with E-state index >= 15 is 0 Å². The number of rotatable bonds is 7. The zero-order valence-corrected chi connectivity index (χ0v) is 17.3. The van der Waals surface area contributed by atoms with Gasteiger partial charge >= 0.3 is 5.97 Å². The van der Waals surface area contributed by atoms with Crippen molar-refractivity contribution in [2.75, 3.05) is 13.7 Å². The molecule has 156 valence electrons. The molecule has 0 bridgehead atoms. The number of aromatic nitrogens is 1. The van der Waals surface area contributed by atoms with Crippen LogP contribution in [0.1, 0.15) is 29.9 Å². The molecule has 0 aliphatic carbocycles. The second kappa shape index (κ2) is 9.13. The summed E-state index contributed by atoms with van der Waals surface area (Å²) in [5.74, 6) is 1.99. The summed E-state index contributed by atoms with van der Waals surface area (Å²) in [7, 11) is 1.45. The molecule has 0 saturated carbocycles. The Morgan fingerprint density at radius 2 is 1.93 bits per heavy atom.